The molecule has 184 valence electrons. The molecular formula is C29H32O5S. The predicted molar refractivity (Wildman–Crippen MR) is 138 cm³/mol. The third kappa shape index (κ3) is 7.50. The summed E-state index contributed by atoms with van der Waals surface area (Å²) in [6.07, 6.45) is -0.217. The van der Waals surface area contributed by atoms with E-state index in [4.69, 9.17) is 14.2 Å². The minimum absolute atomic E-state index is 0.106. The fourth-order valence-corrected chi connectivity index (χ4v) is 5.87. The van der Waals surface area contributed by atoms with Crippen molar-refractivity contribution in [2.24, 2.45) is 0 Å². The fourth-order valence-electron chi connectivity index (χ4n) is 4.24. The lowest BCUT2D eigenvalue weighted by molar-refractivity contribution is -0.111. The van der Waals surface area contributed by atoms with Crippen LogP contribution in [0.1, 0.15) is 23.1 Å². The second-order valence-electron chi connectivity index (χ2n) is 8.63. The zero-order chi connectivity index (χ0) is 24.3. The van der Waals surface area contributed by atoms with E-state index in [1.165, 1.54) is 0 Å². The highest BCUT2D eigenvalue weighted by molar-refractivity contribution is 8.01. The average Bonchev–Trinajstić information content (AvgIpc) is 3.25. The second-order valence-corrected chi connectivity index (χ2v) is 10.1. The van der Waals surface area contributed by atoms with Crippen LogP contribution in [0.15, 0.2) is 91.0 Å². The molecular weight excluding hydrogens is 460 g/mol. The van der Waals surface area contributed by atoms with Crippen LogP contribution in [0.5, 0.6) is 0 Å². The number of aliphatic hydroxyl groups is 1. The maximum absolute atomic E-state index is 11.5. The Morgan fingerprint density at radius 3 is 1.74 bits per heavy atom. The Hall–Kier alpha value is -2.48. The molecule has 1 aliphatic heterocycles. The SMILES string of the molecule is O=CC[C@H]1S[C@H]([C@H](O)COCc2ccccc2)[C@H](OCc2ccccc2)[C@H]1OCc1ccccc1. The molecule has 0 aromatic heterocycles. The lowest BCUT2D eigenvalue weighted by atomic mass is 10.0. The highest BCUT2D eigenvalue weighted by Gasteiger charge is 2.48. The van der Waals surface area contributed by atoms with Gasteiger partial charge in [-0.15, -0.1) is 11.8 Å². The Morgan fingerprint density at radius 1 is 0.743 bits per heavy atom. The van der Waals surface area contributed by atoms with Crippen LogP contribution in [0.3, 0.4) is 0 Å². The van der Waals surface area contributed by atoms with Gasteiger partial charge in [-0.1, -0.05) is 91.0 Å². The van der Waals surface area contributed by atoms with Crippen LogP contribution in [0, 0.1) is 0 Å². The molecule has 1 heterocycles. The van der Waals surface area contributed by atoms with Gasteiger partial charge in [-0.3, -0.25) is 0 Å². The van der Waals surface area contributed by atoms with Crippen molar-refractivity contribution in [3.05, 3.63) is 108 Å². The highest BCUT2D eigenvalue weighted by atomic mass is 32.2. The van der Waals surface area contributed by atoms with Crippen molar-refractivity contribution in [3.8, 4) is 0 Å². The predicted octanol–water partition coefficient (Wildman–Crippen LogP) is 4.81. The molecule has 1 N–H and O–H groups in total. The first-order valence-corrected chi connectivity index (χ1v) is 12.9. The third-order valence-electron chi connectivity index (χ3n) is 6.02. The van der Waals surface area contributed by atoms with E-state index in [2.05, 4.69) is 0 Å². The maximum atomic E-state index is 11.5. The van der Waals surface area contributed by atoms with Crippen molar-refractivity contribution in [3.63, 3.8) is 0 Å². The standard InChI is InChI=1S/C29H32O5S/c30-17-16-26-27(33-19-23-12-6-2-7-13-23)28(34-20-24-14-8-3-9-15-24)29(35-26)25(31)21-32-18-22-10-4-1-5-11-22/h1-15,17,25-29,31H,16,18-21H2/t25-,26-,27+,28-,29-/m1/s1. The molecule has 35 heavy (non-hydrogen) atoms. The number of carbonyl (C=O) groups is 1. The molecule has 1 aliphatic rings. The van der Waals surface area contributed by atoms with Crippen molar-refractivity contribution < 1.29 is 24.1 Å². The summed E-state index contributed by atoms with van der Waals surface area (Å²) in [5, 5.41) is 10.7. The zero-order valence-electron chi connectivity index (χ0n) is 19.6. The Kier molecular flexibility index (Phi) is 9.93. The van der Waals surface area contributed by atoms with Gasteiger partial charge in [0.1, 0.15) is 6.29 Å². The topological polar surface area (TPSA) is 65.0 Å². The van der Waals surface area contributed by atoms with Crippen molar-refractivity contribution in [1.82, 2.24) is 0 Å². The van der Waals surface area contributed by atoms with Crippen LogP contribution < -0.4 is 0 Å². The summed E-state index contributed by atoms with van der Waals surface area (Å²) in [4.78, 5) is 11.5. The number of ether oxygens (including phenoxy) is 3. The lowest BCUT2D eigenvalue weighted by Crippen LogP contribution is -2.43. The third-order valence-corrected chi connectivity index (χ3v) is 7.73. The van der Waals surface area contributed by atoms with Gasteiger partial charge in [-0.05, 0) is 16.7 Å². The van der Waals surface area contributed by atoms with E-state index in [0.29, 0.717) is 26.2 Å². The molecule has 0 aliphatic carbocycles. The van der Waals surface area contributed by atoms with Gasteiger partial charge in [-0.25, -0.2) is 0 Å². The Labute approximate surface area is 211 Å². The minimum atomic E-state index is -0.760. The molecule has 3 aromatic carbocycles. The average molecular weight is 493 g/mol. The number of hydrogen-bond donors (Lipinski definition) is 1. The Morgan fingerprint density at radius 2 is 1.23 bits per heavy atom. The van der Waals surface area contributed by atoms with E-state index in [0.717, 1.165) is 23.0 Å². The lowest BCUT2D eigenvalue weighted by Gasteiger charge is -2.28. The van der Waals surface area contributed by atoms with Gasteiger partial charge in [0.2, 0.25) is 0 Å². The van der Waals surface area contributed by atoms with Gasteiger partial charge >= 0.3 is 0 Å². The van der Waals surface area contributed by atoms with Crippen molar-refractivity contribution in [2.45, 2.75) is 55.1 Å². The number of carbonyl (C=O) groups excluding carboxylic acids is 1. The first kappa shape index (κ1) is 25.6. The molecule has 5 atom stereocenters. The molecule has 5 nitrogen and oxygen atoms in total. The summed E-state index contributed by atoms with van der Waals surface area (Å²) in [6, 6.07) is 29.8. The van der Waals surface area contributed by atoms with Gasteiger partial charge in [0.25, 0.3) is 0 Å². The number of thioether (sulfide) groups is 1. The molecule has 0 radical (unpaired) electrons. The van der Waals surface area contributed by atoms with Gasteiger partial charge in [0.05, 0.1) is 50.0 Å². The van der Waals surface area contributed by atoms with Gasteiger partial charge < -0.3 is 24.1 Å². The number of rotatable bonds is 13. The molecule has 4 rings (SSSR count). The smallest absolute Gasteiger partial charge is 0.121 e. The molecule has 0 saturated carbocycles. The van der Waals surface area contributed by atoms with Crippen LogP contribution in [-0.2, 0) is 38.8 Å². The van der Waals surface area contributed by atoms with E-state index >= 15 is 0 Å². The number of benzene rings is 3. The molecule has 3 aromatic rings. The van der Waals surface area contributed by atoms with E-state index in [-0.39, 0.29) is 29.3 Å². The Bertz CT molecular complexity index is 1000. The molecule has 6 heteroatoms. The quantitative estimate of drug-likeness (QED) is 0.346. The van der Waals surface area contributed by atoms with Crippen LogP contribution >= 0.6 is 11.8 Å². The summed E-state index contributed by atoms with van der Waals surface area (Å²) >= 11 is 1.56. The molecule has 0 unspecified atom stereocenters. The second kappa shape index (κ2) is 13.6. The fraction of sp³-hybridized carbons (Fsp3) is 0.345. The molecule has 1 saturated heterocycles. The van der Waals surface area contributed by atoms with Crippen molar-refractivity contribution >= 4 is 18.0 Å². The van der Waals surface area contributed by atoms with E-state index in [9.17, 15) is 9.90 Å². The summed E-state index contributed by atoms with van der Waals surface area (Å²) in [7, 11) is 0. The largest absolute Gasteiger partial charge is 0.389 e. The molecule has 0 spiro atoms. The van der Waals surface area contributed by atoms with Crippen LogP contribution in [0.25, 0.3) is 0 Å². The highest BCUT2D eigenvalue weighted by Crippen LogP contribution is 2.42. The number of aliphatic hydroxyl groups excluding tert-OH is 1. The monoisotopic (exact) mass is 492 g/mol. The van der Waals surface area contributed by atoms with Crippen molar-refractivity contribution in [2.75, 3.05) is 6.61 Å². The van der Waals surface area contributed by atoms with Gasteiger partial charge in [-0.2, -0.15) is 0 Å². The summed E-state index contributed by atoms with van der Waals surface area (Å²) < 4.78 is 18.6. The maximum Gasteiger partial charge on any atom is 0.121 e. The first-order valence-electron chi connectivity index (χ1n) is 11.9. The van der Waals surface area contributed by atoms with Gasteiger partial charge in [0, 0.05) is 11.7 Å². The normalized spacial score (nSPS) is 22.7. The van der Waals surface area contributed by atoms with Crippen LogP contribution in [0.4, 0.5) is 0 Å². The summed E-state index contributed by atoms with van der Waals surface area (Å²) in [5.41, 5.74) is 3.16. The van der Waals surface area contributed by atoms with Crippen molar-refractivity contribution in [1.29, 1.82) is 0 Å². The van der Waals surface area contributed by atoms with Gasteiger partial charge in [0.15, 0.2) is 0 Å². The minimum Gasteiger partial charge on any atom is -0.389 e. The van der Waals surface area contributed by atoms with E-state index in [1.807, 2.05) is 91.0 Å². The zero-order valence-corrected chi connectivity index (χ0v) is 20.5. The number of aldehydes is 1. The van der Waals surface area contributed by atoms with Crippen LogP contribution in [0.2, 0.25) is 0 Å². The van der Waals surface area contributed by atoms with E-state index < -0.39 is 6.10 Å². The molecule has 1 fully saturated rings. The Balaban J connectivity index is 1.45. The van der Waals surface area contributed by atoms with Crippen LogP contribution in [-0.4, -0.2) is 46.8 Å². The molecule has 0 amide bonds. The first-order chi connectivity index (χ1) is 17.2. The van der Waals surface area contributed by atoms with E-state index in [1.54, 1.807) is 11.8 Å². The summed E-state index contributed by atoms with van der Waals surface area (Å²) in [5.74, 6) is 0. The summed E-state index contributed by atoms with van der Waals surface area (Å²) in [6.45, 7) is 1.42. The number of hydrogen-bond acceptors (Lipinski definition) is 6. The molecule has 0 bridgehead atoms.